The third-order valence-corrected chi connectivity index (χ3v) is 2.76. The van der Waals surface area contributed by atoms with Crippen molar-refractivity contribution in [3.8, 4) is 0 Å². The fourth-order valence-electron chi connectivity index (χ4n) is 1.29. The van der Waals surface area contributed by atoms with E-state index in [1.165, 1.54) is 12.5 Å². The van der Waals surface area contributed by atoms with Crippen LogP contribution in [-0.4, -0.2) is 32.7 Å². The van der Waals surface area contributed by atoms with Crippen LogP contribution < -0.4 is 5.32 Å². The molecule has 0 spiro atoms. The molecule has 0 aromatic carbocycles. The first-order valence-electron chi connectivity index (χ1n) is 5.33. The van der Waals surface area contributed by atoms with Gasteiger partial charge in [-0.2, -0.15) is 0 Å². The van der Waals surface area contributed by atoms with Crippen molar-refractivity contribution in [3.63, 3.8) is 0 Å². The molecular formula is C10H18N2O3S. The molecule has 1 N–H and O–H groups in total. The number of nitrogens with zero attached hydrogens (tertiary/aromatic N) is 1. The lowest BCUT2D eigenvalue weighted by atomic mass is 10.4. The number of sulfone groups is 1. The van der Waals surface area contributed by atoms with Crippen LogP contribution in [0.3, 0.4) is 0 Å². The standard InChI is InChI=1S/C10H18N2O3S/c1-3-5-11-6-4-10-12-7-9(15-10)8-16(2,13)14/h7,11H,3-6,8H2,1-2H3. The molecule has 0 aliphatic carbocycles. The predicted octanol–water partition coefficient (Wildman–Crippen LogP) is 0.761. The quantitative estimate of drug-likeness (QED) is 0.719. The molecule has 0 aliphatic heterocycles. The number of rotatable bonds is 7. The molecule has 0 aliphatic rings. The maximum atomic E-state index is 11.0. The summed E-state index contributed by atoms with van der Waals surface area (Å²) in [5.41, 5.74) is 0. The molecule has 0 unspecified atom stereocenters. The minimum absolute atomic E-state index is 0.0810. The van der Waals surface area contributed by atoms with E-state index < -0.39 is 9.84 Å². The van der Waals surface area contributed by atoms with Gasteiger partial charge in [0.05, 0.1) is 6.20 Å². The van der Waals surface area contributed by atoms with Gasteiger partial charge in [-0.25, -0.2) is 13.4 Å². The highest BCUT2D eigenvalue weighted by Crippen LogP contribution is 2.07. The molecule has 16 heavy (non-hydrogen) atoms. The average molecular weight is 246 g/mol. The van der Waals surface area contributed by atoms with Crippen LogP contribution in [0.1, 0.15) is 25.0 Å². The molecule has 0 saturated carbocycles. The van der Waals surface area contributed by atoms with Gasteiger partial charge >= 0.3 is 0 Å². The minimum Gasteiger partial charge on any atom is -0.445 e. The summed E-state index contributed by atoms with van der Waals surface area (Å²) in [5.74, 6) is 0.915. The normalized spacial score (nSPS) is 11.9. The van der Waals surface area contributed by atoms with Crippen LogP contribution in [0, 0.1) is 0 Å². The molecule has 1 heterocycles. The second kappa shape index (κ2) is 6.00. The average Bonchev–Trinajstić information content (AvgIpc) is 2.58. The van der Waals surface area contributed by atoms with Crippen molar-refractivity contribution in [1.29, 1.82) is 0 Å². The Hall–Kier alpha value is -0.880. The topological polar surface area (TPSA) is 72.2 Å². The first-order chi connectivity index (χ1) is 7.51. The molecule has 92 valence electrons. The highest BCUT2D eigenvalue weighted by Gasteiger charge is 2.09. The van der Waals surface area contributed by atoms with Crippen LogP contribution in [0.25, 0.3) is 0 Å². The summed E-state index contributed by atoms with van der Waals surface area (Å²) in [6.45, 7) is 3.87. The van der Waals surface area contributed by atoms with Crippen LogP contribution in [0.2, 0.25) is 0 Å². The molecule has 0 radical (unpaired) electrons. The number of hydrogen-bond acceptors (Lipinski definition) is 5. The van der Waals surface area contributed by atoms with Crippen molar-refractivity contribution in [2.75, 3.05) is 19.3 Å². The zero-order chi connectivity index (χ0) is 12.0. The van der Waals surface area contributed by atoms with E-state index in [9.17, 15) is 8.42 Å². The van der Waals surface area contributed by atoms with Crippen LogP contribution >= 0.6 is 0 Å². The summed E-state index contributed by atoms with van der Waals surface area (Å²) < 4.78 is 27.3. The maximum absolute atomic E-state index is 11.0. The molecule has 1 rings (SSSR count). The molecule has 0 amide bonds. The van der Waals surface area contributed by atoms with Crippen LogP contribution in [-0.2, 0) is 22.0 Å². The largest absolute Gasteiger partial charge is 0.445 e. The summed E-state index contributed by atoms with van der Waals surface area (Å²) in [6, 6.07) is 0. The van der Waals surface area contributed by atoms with E-state index >= 15 is 0 Å². The van der Waals surface area contributed by atoms with E-state index in [0.717, 1.165) is 19.5 Å². The molecule has 0 bridgehead atoms. The van der Waals surface area contributed by atoms with Gasteiger partial charge in [-0.05, 0) is 13.0 Å². The van der Waals surface area contributed by atoms with E-state index in [-0.39, 0.29) is 5.75 Å². The predicted molar refractivity (Wildman–Crippen MR) is 61.9 cm³/mol. The van der Waals surface area contributed by atoms with Gasteiger partial charge in [0.2, 0.25) is 0 Å². The molecular weight excluding hydrogens is 228 g/mol. The number of nitrogens with one attached hydrogen (secondary N) is 1. The van der Waals surface area contributed by atoms with Crippen molar-refractivity contribution in [3.05, 3.63) is 17.8 Å². The van der Waals surface area contributed by atoms with Gasteiger partial charge in [-0.1, -0.05) is 6.92 Å². The van der Waals surface area contributed by atoms with Gasteiger partial charge in [0.1, 0.15) is 11.5 Å². The lowest BCUT2D eigenvalue weighted by molar-refractivity contribution is 0.458. The lowest BCUT2D eigenvalue weighted by Gasteiger charge is -1.99. The first kappa shape index (κ1) is 13.2. The fourth-order valence-corrected chi connectivity index (χ4v) is 1.94. The number of aromatic nitrogens is 1. The van der Waals surface area contributed by atoms with E-state index in [0.29, 0.717) is 18.1 Å². The number of oxazole rings is 1. The maximum Gasteiger partial charge on any atom is 0.195 e. The zero-order valence-corrected chi connectivity index (χ0v) is 10.5. The van der Waals surface area contributed by atoms with Gasteiger partial charge < -0.3 is 9.73 Å². The molecule has 0 saturated heterocycles. The minimum atomic E-state index is -3.04. The van der Waals surface area contributed by atoms with Gasteiger partial charge in [0.25, 0.3) is 0 Å². The third-order valence-electron chi connectivity index (χ3n) is 1.95. The summed E-state index contributed by atoms with van der Waals surface area (Å²) in [6.07, 6.45) is 4.43. The van der Waals surface area contributed by atoms with Gasteiger partial charge in [0.15, 0.2) is 15.7 Å². The molecule has 1 aromatic rings. The summed E-state index contributed by atoms with van der Waals surface area (Å²) in [5, 5.41) is 3.22. The second-order valence-electron chi connectivity index (χ2n) is 3.79. The summed E-state index contributed by atoms with van der Waals surface area (Å²) in [7, 11) is -3.04. The Bertz CT molecular complexity index is 411. The summed E-state index contributed by atoms with van der Waals surface area (Å²) in [4.78, 5) is 4.03. The van der Waals surface area contributed by atoms with Crippen molar-refractivity contribution in [2.45, 2.75) is 25.5 Å². The van der Waals surface area contributed by atoms with Crippen LogP contribution in [0.15, 0.2) is 10.6 Å². The van der Waals surface area contributed by atoms with E-state index in [4.69, 9.17) is 4.42 Å². The van der Waals surface area contributed by atoms with Gasteiger partial charge in [-0.15, -0.1) is 0 Å². The molecule has 0 fully saturated rings. The fraction of sp³-hybridized carbons (Fsp3) is 0.700. The molecule has 0 atom stereocenters. The van der Waals surface area contributed by atoms with Gasteiger partial charge in [-0.3, -0.25) is 0 Å². The first-order valence-corrected chi connectivity index (χ1v) is 7.39. The SMILES string of the molecule is CCCNCCc1ncc(CS(C)(=O)=O)o1. The van der Waals surface area contributed by atoms with Crippen LogP contribution in [0.5, 0.6) is 0 Å². The van der Waals surface area contributed by atoms with E-state index in [1.807, 2.05) is 0 Å². The molecule has 5 nitrogen and oxygen atoms in total. The Labute approximate surface area is 96.2 Å². The third kappa shape index (κ3) is 5.27. The van der Waals surface area contributed by atoms with E-state index in [1.54, 1.807) is 0 Å². The monoisotopic (exact) mass is 246 g/mol. The van der Waals surface area contributed by atoms with Gasteiger partial charge in [0, 0.05) is 19.2 Å². The molecule has 1 aromatic heterocycles. The lowest BCUT2D eigenvalue weighted by Crippen LogP contribution is -2.17. The van der Waals surface area contributed by atoms with Crippen molar-refractivity contribution in [2.24, 2.45) is 0 Å². The smallest absolute Gasteiger partial charge is 0.195 e. The van der Waals surface area contributed by atoms with Crippen molar-refractivity contribution >= 4 is 9.84 Å². The highest BCUT2D eigenvalue weighted by atomic mass is 32.2. The Morgan fingerprint density at radius 1 is 1.44 bits per heavy atom. The Morgan fingerprint density at radius 2 is 2.19 bits per heavy atom. The second-order valence-corrected chi connectivity index (χ2v) is 5.93. The van der Waals surface area contributed by atoms with E-state index in [2.05, 4.69) is 17.2 Å². The Kier molecular flexibility index (Phi) is 4.95. The highest BCUT2D eigenvalue weighted by molar-refractivity contribution is 7.89. The van der Waals surface area contributed by atoms with Crippen molar-refractivity contribution < 1.29 is 12.8 Å². The van der Waals surface area contributed by atoms with Crippen molar-refractivity contribution in [1.82, 2.24) is 10.3 Å². The Morgan fingerprint density at radius 3 is 2.81 bits per heavy atom. The van der Waals surface area contributed by atoms with Crippen LogP contribution in [0.4, 0.5) is 0 Å². The summed E-state index contributed by atoms with van der Waals surface area (Å²) >= 11 is 0. The Balaban J connectivity index is 2.40. The zero-order valence-electron chi connectivity index (χ0n) is 9.69. The molecule has 6 heteroatoms. The number of hydrogen-bond donors (Lipinski definition) is 1.